The summed E-state index contributed by atoms with van der Waals surface area (Å²) in [6.45, 7) is 1.87. The van der Waals surface area contributed by atoms with Gasteiger partial charge in [0.2, 0.25) is 5.91 Å². The molecule has 0 aliphatic rings. The molecule has 3 aromatic rings. The number of anilines is 1. The van der Waals surface area contributed by atoms with Crippen molar-refractivity contribution in [2.45, 2.75) is 18.4 Å². The minimum atomic E-state index is -0.110. The van der Waals surface area contributed by atoms with Crippen molar-refractivity contribution in [2.24, 2.45) is 0 Å². The maximum Gasteiger partial charge on any atom is 0.225 e. The number of aryl methyl sites for hydroxylation is 1. The van der Waals surface area contributed by atoms with Gasteiger partial charge in [-0.05, 0) is 31.2 Å². The van der Waals surface area contributed by atoms with Gasteiger partial charge in [0.05, 0.1) is 16.4 Å². The zero-order valence-corrected chi connectivity index (χ0v) is 16.9. The third-order valence-electron chi connectivity index (χ3n) is 3.67. The molecular formula is C20H17Cl2N3OS. The molecule has 0 spiro atoms. The molecule has 0 radical (unpaired) electrons. The lowest BCUT2D eigenvalue weighted by Crippen LogP contribution is -2.12. The second-order valence-electron chi connectivity index (χ2n) is 5.78. The van der Waals surface area contributed by atoms with Gasteiger partial charge in [-0.3, -0.25) is 4.79 Å². The Bertz CT molecular complexity index is 951. The number of halogens is 2. The van der Waals surface area contributed by atoms with Gasteiger partial charge in [-0.15, -0.1) is 11.8 Å². The number of benzene rings is 2. The van der Waals surface area contributed by atoms with Gasteiger partial charge in [0, 0.05) is 22.8 Å². The molecule has 7 heteroatoms. The number of carbonyl (C=O) groups is 1. The minimum absolute atomic E-state index is 0.110. The van der Waals surface area contributed by atoms with Gasteiger partial charge in [-0.25, -0.2) is 9.97 Å². The van der Waals surface area contributed by atoms with Crippen LogP contribution in [0.25, 0.3) is 11.3 Å². The average Bonchev–Trinajstić information content (AvgIpc) is 2.64. The number of hydrogen-bond acceptors (Lipinski definition) is 4. The Morgan fingerprint density at radius 3 is 2.59 bits per heavy atom. The van der Waals surface area contributed by atoms with Crippen LogP contribution in [0.4, 0.5) is 5.69 Å². The highest BCUT2D eigenvalue weighted by Crippen LogP contribution is 2.26. The van der Waals surface area contributed by atoms with E-state index in [-0.39, 0.29) is 5.91 Å². The van der Waals surface area contributed by atoms with Crippen LogP contribution in [0.1, 0.15) is 12.2 Å². The third-order valence-corrected chi connectivity index (χ3v) is 5.13. The number of aromatic nitrogens is 2. The highest BCUT2D eigenvalue weighted by Gasteiger charge is 2.09. The Hall–Kier alpha value is -2.08. The van der Waals surface area contributed by atoms with Gasteiger partial charge in [0.15, 0.2) is 0 Å². The summed E-state index contributed by atoms with van der Waals surface area (Å²) in [5.41, 5.74) is 2.48. The summed E-state index contributed by atoms with van der Waals surface area (Å²) in [5.74, 6) is 1.19. The molecule has 1 heterocycles. The van der Waals surface area contributed by atoms with Crippen LogP contribution in [-0.2, 0) is 4.79 Å². The first kappa shape index (κ1) is 19.7. The largest absolute Gasteiger partial charge is 0.325 e. The quantitative estimate of drug-likeness (QED) is 0.401. The Balaban J connectivity index is 1.58. The standard InChI is InChI=1S/C20H17Cl2N3OS/c1-13-23-18(14-5-3-2-4-6-14)12-20(24-13)27-10-9-19(26)25-17-8-7-15(21)11-16(17)22/h2-8,11-12H,9-10H2,1H3,(H,25,26). The summed E-state index contributed by atoms with van der Waals surface area (Å²) in [5, 5.41) is 4.59. The summed E-state index contributed by atoms with van der Waals surface area (Å²) in [6.07, 6.45) is 0.341. The summed E-state index contributed by atoms with van der Waals surface area (Å²) in [7, 11) is 0. The van der Waals surface area contributed by atoms with E-state index in [0.717, 1.165) is 16.3 Å². The first-order valence-electron chi connectivity index (χ1n) is 8.30. The van der Waals surface area contributed by atoms with E-state index in [9.17, 15) is 4.79 Å². The fraction of sp³-hybridized carbons (Fsp3) is 0.150. The zero-order chi connectivity index (χ0) is 19.2. The molecule has 3 rings (SSSR count). The SMILES string of the molecule is Cc1nc(SCCC(=O)Nc2ccc(Cl)cc2Cl)cc(-c2ccccc2)n1. The lowest BCUT2D eigenvalue weighted by molar-refractivity contribution is -0.115. The van der Waals surface area contributed by atoms with Crippen molar-refractivity contribution < 1.29 is 4.79 Å². The molecule has 2 aromatic carbocycles. The molecule has 1 aromatic heterocycles. The molecule has 4 nitrogen and oxygen atoms in total. The van der Waals surface area contributed by atoms with Crippen molar-refractivity contribution in [3.05, 3.63) is 70.5 Å². The molecule has 1 N–H and O–H groups in total. The van der Waals surface area contributed by atoms with Gasteiger partial charge in [0.25, 0.3) is 0 Å². The second kappa shape index (κ2) is 9.22. The predicted molar refractivity (Wildman–Crippen MR) is 113 cm³/mol. The Morgan fingerprint density at radius 2 is 1.85 bits per heavy atom. The zero-order valence-electron chi connectivity index (χ0n) is 14.6. The molecule has 1 amide bonds. The van der Waals surface area contributed by atoms with Crippen molar-refractivity contribution in [3.8, 4) is 11.3 Å². The van der Waals surface area contributed by atoms with Crippen LogP contribution in [-0.4, -0.2) is 21.6 Å². The van der Waals surface area contributed by atoms with E-state index < -0.39 is 0 Å². The Labute approximate surface area is 172 Å². The summed E-state index contributed by atoms with van der Waals surface area (Å²) in [4.78, 5) is 21.1. The predicted octanol–water partition coefficient (Wildman–Crippen LogP) is 5.88. The maximum absolute atomic E-state index is 12.1. The van der Waals surface area contributed by atoms with E-state index in [0.29, 0.717) is 33.7 Å². The number of nitrogens with zero attached hydrogens (tertiary/aromatic N) is 2. The number of rotatable bonds is 6. The normalized spacial score (nSPS) is 10.6. The molecule has 0 aliphatic carbocycles. The van der Waals surface area contributed by atoms with E-state index in [1.807, 2.05) is 43.3 Å². The lowest BCUT2D eigenvalue weighted by Gasteiger charge is -2.08. The molecule has 0 bridgehead atoms. The lowest BCUT2D eigenvalue weighted by atomic mass is 10.1. The number of thioether (sulfide) groups is 1. The minimum Gasteiger partial charge on any atom is -0.325 e. The first-order chi connectivity index (χ1) is 13.0. The summed E-state index contributed by atoms with van der Waals surface area (Å²) >= 11 is 13.5. The number of carbonyl (C=O) groups excluding carboxylic acids is 1. The Kier molecular flexibility index (Phi) is 6.72. The summed E-state index contributed by atoms with van der Waals surface area (Å²) in [6, 6.07) is 16.9. The molecular weight excluding hydrogens is 401 g/mol. The maximum atomic E-state index is 12.1. The van der Waals surface area contributed by atoms with Gasteiger partial charge < -0.3 is 5.32 Å². The molecule has 0 fully saturated rings. The van der Waals surface area contributed by atoms with Crippen LogP contribution in [0.3, 0.4) is 0 Å². The first-order valence-corrected chi connectivity index (χ1v) is 10.0. The summed E-state index contributed by atoms with van der Waals surface area (Å²) < 4.78 is 0. The molecule has 138 valence electrons. The number of nitrogens with one attached hydrogen (secondary N) is 1. The topological polar surface area (TPSA) is 54.9 Å². The molecule has 0 saturated heterocycles. The van der Waals surface area contributed by atoms with Gasteiger partial charge in [-0.2, -0.15) is 0 Å². The van der Waals surface area contributed by atoms with Gasteiger partial charge in [-0.1, -0.05) is 53.5 Å². The van der Waals surface area contributed by atoms with Crippen molar-refractivity contribution in [3.63, 3.8) is 0 Å². The van der Waals surface area contributed by atoms with E-state index in [1.54, 1.807) is 18.2 Å². The monoisotopic (exact) mass is 417 g/mol. The van der Waals surface area contributed by atoms with Crippen molar-refractivity contribution in [1.82, 2.24) is 9.97 Å². The third kappa shape index (κ3) is 5.70. The van der Waals surface area contributed by atoms with Crippen LogP contribution in [0.5, 0.6) is 0 Å². The smallest absolute Gasteiger partial charge is 0.225 e. The highest BCUT2D eigenvalue weighted by molar-refractivity contribution is 7.99. The van der Waals surface area contributed by atoms with E-state index in [2.05, 4.69) is 15.3 Å². The van der Waals surface area contributed by atoms with Crippen molar-refractivity contribution >= 4 is 46.6 Å². The molecule has 0 unspecified atom stereocenters. The second-order valence-corrected chi connectivity index (χ2v) is 7.73. The molecule has 0 atom stereocenters. The van der Waals surface area contributed by atoms with E-state index >= 15 is 0 Å². The highest BCUT2D eigenvalue weighted by atomic mass is 35.5. The van der Waals surface area contributed by atoms with E-state index in [1.165, 1.54) is 11.8 Å². The molecule has 27 heavy (non-hydrogen) atoms. The molecule has 0 aliphatic heterocycles. The number of amides is 1. The fourth-order valence-corrected chi connectivity index (χ4v) is 3.77. The van der Waals surface area contributed by atoms with Crippen LogP contribution >= 0.6 is 35.0 Å². The Morgan fingerprint density at radius 1 is 1.07 bits per heavy atom. The van der Waals surface area contributed by atoms with Crippen LogP contribution in [0.2, 0.25) is 10.0 Å². The fourth-order valence-electron chi connectivity index (χ4n) is 2.42. The van der Waals surface area contributed by atoms with Crippen LogP contribution in [0, 0.1) is 6.92 Å². The van der Waals surface area contributed by atoms with Crippen LogP contribution in [0.15, 0.2) is 59.6 Å². The number of hydrogen-bond donors (Lipinski definition) is 1. The van der Waals surface area contributed by atoms with Gasteiger partial charge in [0.1, 0.15) is 10.9 Å². The average molecular weight is 418 g/mol. The van der Waals surface area contributed by atoms with Crippen LogP contribution < -0.4 is 5.32 Å². The molecule has 0 saturated carbocycles. The van der Waals surface area contributed by atoms with Crippen molar-refractivity contribution in [1.29, 1.82) is 0 Å². The van der Waals surface area contributed by atoms with E-state index in [4.69, 9.17) is 23.2 Å². The van der Waals surface area contributed by atoms with Crippen molar-refractivity contribution in [2.75, 3.05) is 11.1 Å². The van der Waals surface area contributed by atoms with Gasteiger partial charge >= 0.3 is 0 Å².